The Hall–Kier alpha value is -2.03. The lowest BCUT2D eigenvalue weighted by atomic mass is 10.1. The Morgan fingerprint density at radius 1 is 1.30 bits per heavy atom. The number of amides is 1. The van der Waals surface area contributed by atoms with Crippen molar-refractivity contribution in [1.82, 2.24) is 4.90 Å². The first-order valence-electron chi connectivity index (χ1n) is 5.74. The average molecular weight is 302 g/mol. The number of halogens is 1. The van der Waals surface area contributed by atoms with Gasteiger partial charge in [0.1, 0.15) is 5.82 Å². The predicted octanol–water partition coefficient (Wildman–Crippen LogP) is 0.604. The summed E-state index contributed by atoms with van der Waals surface area (Å²) in [5.41, 5.74) is -0.741. The molecule has 0 saturated carbocycles. The molecule has 0 bridgehead atoms. The number of carbonyl (C=O) groups excluding carboxylic acids is 1. The van der Waals surface area contributed by atoms with Gasteiger partial charge in [-0.2, -0.15) is 0 Å². The van der Waals surface area contributed by atoms with Crippen LogP contribution in [0, 0.1) is 15.9 Å². The fourth-order valence-electron chi connectivity index (χ4n) is 1.88. The van der Waals surface area contributed by atoms with E-state index in [0.717, 1.165) is 12.1 Å². The Morgan fingerprint density at radius 2 is 1.90 bits per heavy atom. The SMILES string of the molecule is O=C(c1ccc([N+](=O)[O-])cc1F)N1CCS(=O)(=O)CC1. The minimum Gasteiger partial charge on any atom is -0.337 e. The maximum absolute atomic E-state index is 13.7. The smallest absolute Gasteiger partial charge is 0.272 e. The molecule has 0 N–H and O–H groups in total. The first kappa shape index (κ1) is 14.4. The summed E-state index contributed by atoms with van der Waals surface area (Å²) in [4.78, 5) is 23.0. The minimum absolute atomic E-state index is 0.00239. The van der Waals surface area contributed by atoms with Gasteiger partial charge < -0.3 is 4.90 Å². The van der Waals surface area contributed by atoms with Gasteiger partial charge in [-0.15, -0.1) is 0 Å². The first-order chi connectivity index (χ1) is 9.30. The van der Waals surface area contributed by atoms with Gasteiger partial charge in [-0.3, -0.25) is 14.9 Å². The van der Waals surface area contributed by atoms with Crippen LogP contribution in [-0.4, -0.2) is 48.7 Å². The van der Waals surface area contributed by atoms with Crippen LogP contribution in [0.2, 0.25) is 0 Å². The number of benzene rings is 1. The molecule has 0 unspecified atom stereocenters. The molecule has 1 aromatic carbocycles. The van der Waals surface area contributed by atoms with Gasteiger partial charge in [-0.25, -0.2) is 12.8 Å². The van der Waals surface area contributed by atoms with Crippen molar-refractivity contribution in [3.05, 3.63) is 39.7 Å². The molecule has 0 radical (unpaired) electrons. The quantitative estimate of drug-likeness (QED) is 0.588. The number of nitro groups is 1. The molecule has 108 valence electrons. The zero-order valence-electron chi connectivity index (χ0n) is 10.3. The van der Waals surface area contributed by atoms with Crippen molar-refractivity contribution in [3.8, 4) is 0 Å². The van der Waals surface area contributed by atoms with Gasteiger partial charge in [0.15, 0.2) is 9.84 Å². The van der Waals surface area contributed by atoms with E-state index in [-0.39, 0.29) is 30.2 Å². The summed E-state index contributed by atoms with van der Waals surface area (Å²) >= 11 is 0. The van der Waals surface area contributed by atoms with Crippen molar-refractivity contribution in [1.29, 1.82) is 0 Å². The zero-order valence-corrected chi connectivity index (χ0v) is 11.1. The van der Waals surface area contributed by atoms with E-state index in [1.165, 1.54) is 4.90 Å². The number of hydrogen-bond acceptors (Lipinski definition) is 5. The third kappa shape index (κ3) is 2.93. The summed E-state index contributed by atoms with van der Waals surface area (Å²) in [5.74, 6) is -1.97. The van der Waals surface area contributed by atoms with E-state index < -0.39 is 32.2 Å². The van der Waals surface area contributed by atoms with E-state index in [4.69, 9.17) is 0 Å². The molecule has 2 rings (SSSR count). The maximum atomic E-state index is 13.7. The lowest BCUT2D eigenvalue weighted by Crippen LogP contribution is -2.44. The van der Waals surface area contributed by atoms with Crippen molar-refractivity contribution in [2.75, 3.05) is 24.6 Å². The van der Waals surface area contributed by atoms with Gasteiger partial charge in [-0.05, 0) is 6.07 Å². The highest BCUT2D eigenvalue weighted by Crippen LogP contribution is 2.19. The standard InChI is InChI=1S/C11H11FN2O5S/c12-10-7-8(14(16)17)1-2-9(10)11(15)13-3-5-20(18,19)6-4-13/h1-2,7H,3-6H2. The lowest BCUT2D eigenvalue weighted by molar-refractivity contribution is -0.385. The van der Waals surface area contributed by atoms with Crippen LogP contribution in [0.3, 0.4) is 0 Å². The molecule has 1 aromatic rings. The van der Waals surface area contributed by atoms with Gasteiger partial charge in [0.05, 0.1) is 28.1 Å². The lowest BCUT2D eigenvalue weighted by Gasteiger charge is -2.26. The van der Waals surface area contributed by atoms with E-state index in [1.807, 2.05) is 0 Å². The molecular weight excluding hydrogens is 291 g/mol. The molecule has 1 fully saturated rings. The number of rotatable bonds is 2. The van der Waals surface area contributed by atoms with Crippen molar-refractivity contribution in [2.24, 2.45) is 0 Å². The van der Waals surface area contributed by atoms with E-state index in [2.05, 4.69) is 0 Å². The number of nitro benzene ring substituents is 1. The van der Waals surface area contributed by atoms with Crippen molar-refractivity contribution in [3.63, 3.8) is 0 Å². The van der Waals surface area contributed by atoms with Crippen LogP contribution >= 0.6 is 0 Å². The summed E-state index contributed by atoms with van der Waals surface area (Å²) in [7, 11) is -3.14. The number of carbonyl (C=O) groups is 1. The fraction of sp³-hybridized carbons (Fsp3) is 0.364. The molecular formula is C11H11FN2O5S. The fourth-order valence-corrected chi connectivity index (χ4v) is 3.08. The van der Waals surface area contributed by atoms with Crippen LogP contribution in [0.5, 0.6) is 0 Å². The van der Waals surface area contributed by atoms with Crippen LogP contribution in [0.4, 0.5) is 10.1 Å². The van der Waals surface area contributed by atoms with E-state index in [1.54, 1.807) is 0 Å². The van der Waals surface area contributed by atoms with Crippen LogP contribution < -0.4 is 0 Å². The third-order valence-corrected chi connectivity index (χ3v) is 4.63. The normalized spacial score (nSPS) is 17.8. The minimum atomic E-state index is -3.14. The molecule has 7 nitrogen and oxygen atoms in total. The van der Waals surface area contributed by atoms with Gasteiger partial charge >= 0.3 is 0 Å². The van der Waals surface area contributed by atoms with Crippen LogP contribution in [0.1, 0.15) is 10.4 Å². The van der Waals surface area contributed by atoms with E-state index >= 15 is 0 Å². The average Bonchev–Trinajstić information content (AvgIpc) is 2.37. The third-order valence-electron chi connectivity index (χ3n) is 3.03. The van der Waals surface area contributed by atoms with Gasteiger partial charge in [0.2, 0.25) is 0 Å². The number of non-ortho nitro benzene ring substituents is 1. The van der Waals surface area contributed by atoms with E-state index in [9.17, 15) is 27.7 Å². The molecule has 1 aliphatic rings. The highest BCUT2D eigenvalue weighted by atomic mass is 32.2. The Labute approximate surface area is 114 Å². The second kappa shape index (κ2) is 5.16. The molecule has 9 heteroatoms. The molecule has 1 saturated heterocycles. The molecule has 0 aromatic heterocycles. The molecule has 1 aliphatic heterocycles. The Bertz CT molecular complexity index is 659. The molecule has 1 heterocycles. The summed E-state index contributed by atoms with van der Waals surface area (Å²) in [5, 5.41) is 10.5. The van der Waals surface area contributed by atoms with Crippen LogP contribution in [-0.2, 0) is 9.84 Å². The molecule has 1 amide bonds. The van der Waals surface area contributed by atoms with Crippen molar-refractivity contribution < 1.29 is 22.5 Å². The molecule has 0 atom stereocenters. The Morgan fingerprint density at radius 3 is 2.40 bits per heavy atom. The topological polar surface area (TPSA) is 97.6 Å². The van der Waals surface area contributed by atoms with Gasteiger partial charge in [0, 0.05) is 19.2 Å². The summed E-state index contributed by atoms with van der Waals surface area (Å²) in [6.45, 7) is -0.00477. The zero-order chi connectivity index (χ0) is 14.9. The van der Waals surface area contributed by atoms with Gasteiger partial charge in [0.25, 0.3) is 11.6 Å². The summed E-state index contributed by atoms with van der Waals surface area (Å²) in [6.07, 6.45) is 0. The van der Waals surface area contributed by atoms with Gasteiger partial charge in [-0.1, -0.05) is 0 Å². The molecule has 0 aliphatic carbocycles. The number of sulfone groups is 1. The largest absolute Gasteiger partial charge is 0.337 e. The second-order valence-electron chi connectivity index (χ2n) is 4.37. The second-order valence-corrected chi connectivity index (χ2v) is 6.67. The number of nitrogens with zero attached hydrogens (tertiary/aromatic N) is 2. The molecule has 0 spiro atoms. The summed E-state index contributed by atoms with van der Waals surface area (Å²) in [6, 6.07) is 2.75. The van der Waals surface area contributed by atoms with Crippen LogP contribution in [0.15, 0.2) is 18.2 Å². The monoisotopic (exact) mass is 302 g/mol. The Kier molecular flexibility index (Phi) is 3.71. The highest BCUT2D eigenvalue weighted by molar-refractivity contribution is 7.91. The van der Waals surface area contributed by atoms with E-state index in [0.29, 0.717) is 6.07 Å². The van der Waals surface area contributed by atoms with Crippen LogP contribution in [0.25, 0.3) is 0 Å². The maximum Gasteiger partial charge on any atom is 0.272 e. The number of hydrogen-bond donors (Lipinski definition) is 0. The van der Waals surface area contributed by atoms with Crippen molar-refractivity contribution in [2.45, 2.75) is 0 Å². The Balaban J connectivity index is 2.20. The summed E-state index contributed by atoms with van der Waals surface area (Å²) < 4.78 is 36.2. The predicted molar refractivity (Wildman–Crippen MR) is 67.6 cm³/mol. The molecule has 20 heavy (non-hydrogen) atoms. The first-order valence-corrected chi connectivity index (χ1v) is 7.56. The van der Waals surface area contributed by atoms with Crippen molar-refractivity contribution >= 4 is 21.4 Å². The highest BCUT2D eigenvalue weighted by Gasteiger charge is 2.27.